The lowest BCUT2D eigenvalue weighted by atomic mass is 10.1. The Balaban J connectivity index is 2.44. The monoisotopic (exact) mass is 581 g/mol. The van der Waals surface area contributed by atoms with E-state index in [-0.39, 0.29) is 34.2 Å². The highest BCUT2D eigenvalue weighted by atomic mass is 35.5. The van der Waals surface area contributed by atoms with Crippen molar-refractivity contribution in [3.05, 3.63) is 62.1 Å². The summed E-state index contributed by atoms with van der Waals surface area (Å²) in [4.78, 5) is 27.7. The van der Waals surface area contributed by atoms with Crippen LogP contribution in [-0.2, 0) is 26.2 Å². The number of hydrogen-bond acceptors (Lipinski definition) is 4. The molecule has 0 saturated carbocycles. The van der Waals surface area contributed by atoms with Gasteiger partial charge in [-0.3, -0.25) is 13.9 Å². The highest BCUT2D eigenvalue weighted by molar-refractivity contribution is 7.92. The fraction of sp³-hybridized carbons (Fsp3) is 0.391. The predicted molar refractivity (Wildman–Crippen MR) is 143 cm³/mol. The highest BCUT2D eigenvalue weighted by Crippen LogP contribution is 2.28. The van der Waals surface area contributed by atoms with E-state index in [1.165, 1.54) is 23.1 Å². The number of sulfonamides is 1. The zero-order valence-electron chi connectivity index (χ0n) is 19.7. The van der Waals surface area contributed by atoms with E-state index >= 15 is 0 Å². The van der Waals surface area contributed by atoms with Crippen molar-refractivity contribution in [3.8, 4) is 0 Å². The van der Waals surface area contributed by atoms with Crippen molar-refractivity contribution in [1.29, 1.82) is 0 Å². The summed E-state index contributed by atoms with van der Waals surface area (Å²) in [5.74, 6) is -0.978. The third-order valence-corrected chi connectivity index (χ3v) is 7.64. The molecule has 0 unspecified atom stereocenters. The van der Waals surface area contributed by atoms with Gasteiger partial charge < -0.3 is 10.2 Å². The average molecular weight is 583 g/mol. The van der Waals surface area contributed by atoms with E-state index in [2.05, 4.69) is 5.32 Å². The smallest absolute Gasteiger partial charge is 0.244 e. The van der Waals surface area contributed by atoms with Gasteiger partial charge in [-0.25, -0.2) is 8.42 Å². The van der Waals surface area contributed by atoms with Crippen molar-refractivity contribution in [2.45, 2.75) is 45.8 Å². The maximum Gasteiger partial charge on any atom is 0.244 e. The van der Waals surface area contributed by atoms with Crippen LogP contribution in [0, 0.1) is 0 Å². The van der Waals surface area contributed by atoms with Gasteiger partial charge in [0, 0.05) is 22.6 Å². The largest absolute Gasteiger partial charge is 0.352 e. The molecule has 0 heterocycles. The molecule has 2 aromatic carbocycles. The second-order valence-electron chi connectivity index (χ2n) is 8.16. The van der Waals surface area contributed by atoms with Gasteiger partial charge in [0.15, 0.2) is 0 Å². The molecule has 2 aromatic rings. The molecule has 0 radical (unpaired) electrons. The van der Waals surface area contributed by atoms with E-state index in [1.807, 2.05) is 13.8 Å². The Labute approximate surface area is 226 Å². The minimum Gasteiger partial charge on any atom is -0.352 e. The van der Waals surface area contributed by atoms with Crippen molar-refractivity contribution in [2.75, 3.05) is 17.1 Å². The Hall–Kier alpha value is -1.71. The molecule has 0 aliphatic carbocycles. The van der Waals surface area contributed by atoms with E-state index in [1.54, 1.807) is 25.1 Å². The summed E-state index contributed by atoms with van der Waals surface area (Å²) in [6.45, 7) is 4.78. The van der Waals surface area contributed by atoms with Crippen molar-refractivity contribution < 1.29 is 18.0 Å². The van der Waals surface area contributed by atoms with Gasteiger partial charge in [0.25, 0.3) is 0 Å². The number of amides is 2. The molecule has 7 nitrogen and oxygen atoms in total. The van der Waals surface area contributed by atoms with E-state index in [9.17, 15) is 18.0 Å². The van der Waals surface area contributed by atoms with Crippen LogP contribution in [0.15, 0.2) is 36.4 Å². The van der Waals surface area contributed by atoms with Crippen LogP contribution in [0.1, 0.15) is 32.8 Å². The lowest BCUT2D eigenvalue weighted by molar-refractivity contribution is -0.139. The molecule has 2 atom stereocenters. The number of benzene rings is 2. The van der Waals surface area contributed by atoms with Gasteiger partial charge in [0.2, 0.25) is 21.8 Å². The quantitative estimate of drug-likeness (QED) is 0.406. The molecule has 192 valence electrons. The Morgan fingerprint density at radius 3 is 2.09 bits per heavy atom. The van der Waals surface area contributed by atoms with Gasteiger partial charge in [-0.05, 0) is 56.2 Å². The zero-order chi connectivity index (χ0) is 26.5. The lowest BCUT2D eigenvalue weighted by Crippen LogP contribution is -2.52. The molecular formula is C23H27Cl4N3O4S. The van der Waals surface area contributed by atoms with Crippen molar-refractivity contribution in [1.82, 2.24) is 10.2 Å². The first-order valence-electron chi connectivity index (χ1n) is 10.7. The molecule has 0 saturated heterocycles. The van der Waals surface area contributed by atoms with Crippen molar-refractivity contribution in [3.63, 3.8) is 0 Å². The molecule has 0 fully saturated rings. The fourth-order valence-electron chi connectivity index (χ4n) is 3.18. The molecule has 2 amide bonds. The maximum absolute atomic E-state index is 13.5. The van der Waals surface area contributed by atoms with E-state index < -0.39 is 28.5 Å². The van der Waals surface area contributed by atoms with E-state index in [4.69, 9.17) is 46.4 Å². The Kier molecular flexibility index (Phi) is 10.5. The topological polar surface area (TPSA) is 86.8 Å². The van der Waals surface area contributed by atoms with E-state index in [0.717, 1.165) is 10.6 Å². The second-order valence-corrected chi connectivity index (χ2v) is 11.8. The Bertz CT molecular complexity index is 1170. The number of anilines is 1. The van der Waals surface area contributed by atoms with Crippen LogP contribution in [0.3, 0.4) is 0 Å². The van der Waals surface area contributed by atoms with Gasteiger partial charge in [0.1, 0.15) is 12.6 Å². The summed E-state index contributed by atoms with van der Waals surface area (Å²) in [6, 6.07) is 8.08. The standard InChI is InChI=1S/C23H27Cl4N3O4S/c1-5-14(2)28-23(32)15(3)29(12-16-6-7-20(26)21(27)8-16)22(31)13-30(35(4,33)34)19-10-17(24)9-18(25)11-19/h6-11,14-15H,5,12-13H2,1-4H3,(H,28,32)/t14-,15+/m0/s1. The minimum atomic E-state index is -3.90. The Morgan fingerprint density at radius 1 is 0.971 bits per heavy atom. The summed E-state index contributed by atoms with van der Waals surface area (Å²) in [5, 5.41) is 3.91. The number of hydrogen-bond donors (Lipinski definition) is 1. The van der Waals surface area contributed by atoms with Gasteiger partial charge in [0.05, 0.1) is 22.0 Å². The SMILES string of the molecule is CC[C@H](C)NC(=O)[C@@H](C)N(Cc1ccc(Cl)c(Cl)c1)C(=O)CN(c1cc(Cl)cc(Cl)c1)S(C)(=O)=O. The highest BCUT2D eigenvalue weighted by Gasteiger charge is 2.30. The normalized spacial score (nSPS) is 13.1. The molecule has 0 aromatic heterocycles. The minimum absolute atomic E-state index is 0.00127. The van der Waals surface area contributed by atoms with Gasteiger partial charge in [-0.1, -0.05) is 59.4 Å². The average Bonchev–Trinajstić information content (AvgIpc) is 2.75. The number of nitrogens with one attached hydrogen (secondary N) is 1. The zero-order valence-corrected chi connectivity index (χ0v) is 23.5. The van der Waals surface area contributed by atoms with Crippen LogP contribution < -0.4 is 9.62 Å². The van der Waals surface area contributed by atoms with E-state index in [0.29, 0.717) is 22.0 Å². The molecular weight excluding hydrogens is 556 g/mol. The summed E-state index contributed by atoms with van der Waals surface area (Å²) < 4.78 is 26.1. The first-order chi connectivity index (χ1) is 16.2. The van der Waals surface area contributed by atoms with Crippen molar-refractivity contribution >= 4 is 73.9 Å². The van der Waals surface area contributed by atoms with Gasteiger partial charge in [-0.15, -0.1) is 0 Å². The molecule has 2 rings (SSSR count). The van der Waals surface area contributed by atoms with Crippen LogP contribution >= 0.6 is 46.4 Å². The second kappa shape index (κ2) is 12.5. The number of carbonyl (C=O) groups is 2. The first-order valence-corrected chi connectivity index (χ1v) is 14.1. The summed E-state index contributed by atoms with van der Waals surface area (Å²) in [6.07, 6.45) is 1.67. The lowest BCUT2D eigenvalue weighted by Gasteiger charge is -2.32. The molecule has 35 heavy (non-hydrogen) atoms. The molecule has 0 spiro atoms. The molecule has 0 aliphatic rings. The summed E-state index contributed by atoms with van der Waals surface area (Å²) in [5.41, 5.74) is 0.747. The third kappa shape index (κ3) is 8.43. The molecule has 12 heteroatoms. The van der Waals surface area contributed by atoms with Gasteiger partial charge >= 0.3 is 0 Å². The number of nitrogens with zero attached hydrogens (tertiary/aromatic N) is 2. The molecule has 0 bridgehead atoms. The maximum atomic E-state index is 13.5. The molecule has 1 N–H and O–H groups in total. The van der Waals surface area contributed by atoms with Crippen LogP contribution in [-0.4, -0.2) is 50.0 Å². The van der Waals surface area contributed by atoms with Crippen LogP contribution in [0.25, 0.3) is 0 Å². The van der Waals surface area contributed by atoms with Crippen LogP contribution in [0.5, 0.6) is 0 Å². The summed E-state index contributed by atoms with van der Waals surface area (Å²) in [7, 11) is -3.90. The predicted octanol–water partition coefficient (Wildman–Crippen LogP) is 5.40. The van der Waals surface area contributed by atoms with Crippen LogP contribution in [0.4, 0.5) is 5.69 Å². The molecule has 0 aliphatic heterocycles. The Morgan fingerprint density at radius 2 is 1.57 bits per heavy atom. The fourth-order valence-corrected chi connectivity index (χ4v) is 4.85. The number of carbonyl (C=O) groups excluding carboxylic acids is 2. The van der Waals surface area contributed by atoms with Gasteiger partial charge in [-0.2, -0.15) is 0 Å². The number of halogens is 4. The summed E-state index contributed by atoms with van der Waals surface area (Å²) >= 11 is 24.2. The number of rotatable bonds is 10. The first kappa shape index (κ1) is 29.5. The van der Waals surface area contributed by atoms with Crippen molar-refractivity contribution in [2.24, 2.45) is 0 Å². The third-order valence-electron chi connectivity index (χ3n) is 5.32. The van der Waals surface area contributed by atoms with Crippen LogP contribution in [0.2, 0.25) is 20.1 Å².